The van der Waals surface area contributed by atoms with Gasteiger partial charge in [0.25, 0.3) is 0 Å². The molecule has 19 heavy (non-hydrogen) atoms. The molecular weight excluding hydrogens is 263 g/mol. The van der Waals surface area contributed by atoms with E-state index in [0.717, 1.165) is 15.6 Å². The SMILES string of the molecule is Cc1nc(F)cn2cc(-c3ccc(N(C)C)s3)nc12. The molecule has 0 radical (unpaired) electrons. The number of fused-ring (bicyclic) bond motifs is 1. The third-order valence-electron chi connectivity index (χ3n) is 2.86. The van der Waals surface area contributed by atoms with Gasteiger partial charge in [0, 0.05) is 20.3 Å². The van der Waals surface area contributed by atoms with Crippen LogP contribution in [-0.2, 0) is 0 Å². The molecule has 0 aliphatic heterocycles. The standard InChI is InChI=1S/C13H13FN4S/c1-8-13-16-9(6-18(13)7-11(14)15-8)10-4-5-12(19-10)17(2)3/h4-7H,1-3H3. The molecule has 0 unspecified atom stereocenters. The minimum absolute atomic E-state index is 0.492. The molecule has 0 aromatic carbocycles. The Morgan fingerprint density at radius 1 is 1.21 bits per heavy atom. The van der Waals surface area contributed by atoms with Gasteiger partial charge >= 0.3 is 0 Å². The average molecular weight is 276 g/mol. The normalized spacial score (nSPS) is 11.2. The van der Waals surface area contributed by atoms with Gasteiger partial charge in [-0.05, 0) is 19.1 Å². The maximum Gasteiger partial charge on any atom is 0.229 e. The molecule has 3 rings (SSSR count). The highest BCUT2D eigenvalue weighted by molar-refractivity contribution is 7.19. The van der Waals surface area contributed by atoms with E-state index in [4.69, 9.17) is 0 Å². The molecule has 6 heteroatoms. The summed E-state index contributed by atoms with van der Waals surface area (Å²) in [6, 6.07) is 4.08. The van der Waals surface area contributed by atoms with Gasteiger partial charge in [-0.1, -0.05) is 0 Å². The van der Waals surface area contributed by atoms with Crippen molar-refractivity contribution in [2.45, 2.75) is 6.92 Å². The fourth-order valence-corrected chi connectivity index (χ4v) is 2.82. The molecule has 0 saturated carbocycles. The summed E-state index contributed by atoms with van der Waals surface area (Å²) >= 11 is 1.66. The lowest BCUT2D eigenvalue weighted by atomic mass is 10.4. The zero-order valence-corrected chi connectivity index (χ0v) is 11.7. The van der Waals surface area contributed by atoms with Crippen LogP contribution in [0.4, 0.5) is 9.39 Å². The molecule has 0 amide bonds. The second-order valence-electron chi connectivity index (χ2n) is 4.54. The Hall–Kier alpha value is -1.95. The van der Waals surface area contributed by atoms with E-state index in [-0.39, 0.29) is 0 Å². The Labute approximate surface area is 114 Å². The summed E-state index contributed by atoms with van der Waals surface area (Å²) in [5.41, 5.74) is 2.13. The summed E-state index contributed by atoms with van der Waals surface area (Å²) in [6.07, 6.45) is 3.18. The molecule has 0 N–H and O–H groups in total. The Morgan fingerprint density at radius 3 is 2.68 bits per heavy atom. The van der Waals surface area contributed by atoms with E-state index < -0.39 is 5.95 Å². The minimum atomic E-state index is -0.492. The molecule has 0 aliphatic rings. The molecule has 3 aromatic rings. The van der Waals surface area contributed by atoms with Crippen molar-refractivity contribution >= 4 is 22.0 Å². The lowest BCUT2D eigenvalue weighted by molar-refractivity contribution is 0.571. The Bertz CT molecular complexity index is 744. The number of hydrogen-bond acceptors (Lipinski definition) is 4. The first-order chi connectivity index (χ1) is 9.04. The molecule has 0 aliphatic carbocycles. The van der Waals surface area contributed by atoms with Crippen molar-refractivity contribution in [3.05, 3.63) is 36.2 Å². The largest absolute Gasteiger partial charge is 0.370 e. The number of hydrogen-bond donors (Lipinski definition) is 0. The zero-order chi connectivity index (χ0) is 13.6. The number of halogens is 1. The minimum Gasteiger partial charge on any atom is -0.370 e. The Morgan fingerprint density at radius 2 is 2.00 bits per heavy atom. The molecule has 0 atom stereocenters. The summed E-state index contributed by atoms with van der Waals surface area (Å²) in [7, 11) is 4.01. The van der Waals surface area contributed by atoms with Crippen LogP contribution in [0.2, 0.25) is 0 Å². The Balaban J connectivity index is 2.12. The van der Waals surface area contributed by atoms with Crippen molar-refractivity contribution in [3.8, 4) is 10.6 Å². The van der Waals surface area contributed by atoms with Crippen molar-refractivity contribution in [1.29, 1.82) is 0 Å². The fourth-order valence-electron chi connectivity index (χ4n) is 1.94. The first-order valence-electron chi connectivity index (χ1n) is 5.84. The van der Waals surface area contributed by atoms with Crippen LogP contribution in [0.25, 0.3) is 16.2 Å². The average Bonchev–Trinajstić information content (AvgIpc) is 2.92. The van der Waals surface area contributed by atoms with Crippen molar-refractivity contribution in [2.24, 2.45) is 0 Å². The molecule has 0 fully saturated rings. The lowest BCUT2D eigenvalue weighted by Gasteiger charge is -2.06. The number of thiophene rings is 1. The van der Waals surface area contributed by atoms with E-state index in [2.05, 4.69) is 20.9 Å². The maximum absolute atomic E-state index is 13.3. The maximum atomic E-state index is 13.3. The molecular formula is C13H13FN4S. The summed E-state index contributed by atoms with van der Waals surface area (Å²) in [5.74, 6) is -0.492. The van der Waals surface area contributed by atoms with E-state index >= 15 is 0 Å². The number of anilines is 1. The highest BCUT2D eigenvalue weighted by Gasteiger charge is 2.11. The van der Waals surface area contributed by atoms with Gasteiger partial charge in [-0.2, -0.15) is 4.39 Å². The number of aryl methyl sites for hydroxylation is 1. The molecule has 0 saturated heterocycles. The number of imidazole rings is 1. The van der Waals surface area contributed by atoms with Gasteiger partial charge in [0.1, 0.15) is 0 Å². The van der Waals surface area contributed by atoms with E-state index in [1.54, 1.807) is 22.7 Å². The van der Waals surface area contributed by atoms with Crippen LogP contribution in [0.5, 0.6) is 0 Å². The summed E-state index contributed by atoms with van der Waals surface area (Å²) in [6.45, 7) is 1.76. The molecule has 4 nitrogen and oxygen atoms in total. The van der Waals surface area contributed by atoms with Gasteiger partial charge in [-0.25, -0.2) is 9.97 Å². The van der Waals surface area contributed by atoms with Crippen LogP contribution in [0.3, 0.4) is 0 Å². The van der Waals surface area contributed by atoms with Crippen LogP contribution in [0, 0.1) is 12.9 Å². The van der Waals surface area contributed by atoms with E-state index in [1.165, 1.54) is 6.20 Å². The predicted molar refractivity (Wildman–Crippen MR) is 75.3 cm³/mol. The molecule has 3 heterocycles. The van der Waals surface area contributed by atoms with E-state index in [9.17, 15) is 4.39 Å². The van der Waals surface area contributed by atoms with Gasteiger partial charge in [0.05, 0.1) is 27.5 Å². The zero-order valence-electron chi connectivity index (χ0n) is 10.9. The van der Waals surface area contributed by atoms with Gasteiger partial charge in [-0.15, -0.1) is 11.3 Å². The lowest BCUT2D eigenvalue weighted by Crippen LogP contribution is -2.05. The molecule has 0 bridgehead atoms. The monoisotopic (exact) mass is 276 g/mol. The highest BCUT2D eigenvalue weighted by Crippen LogP contribution is 2.32. The van der Waals surface area contributed by atoms with Crippen molar-refractivity contribution in [3.63, 3.8) is 0 Å². The van der Waals surface area contributed by atoms with Gasteiger partial charge in [0.2, 0.25) is 5.95 Å². The molecule has 0 spiro atoms. The first kappa shape index (κ1) is 12.1. The van der Waals surface area contributed by atoms with Crippen LogP contribution in [0.15, 0.2) is 24.5 Å². The third-order valence-corrected chi connectivity index (χ3v) is 4.14. The van der Waals surface area contributed by atoms with Gasteiger partial charge in [0.15, 0.2) is 5.65 Å². The van der Waals surface area contributed by atoms with Crippen LogP contribution in [0.1, 0.15) is 5.69 Å². The van der Waals surface area contributed by atoms with Crippen LogP contribution < -0.4 is 4.90 Å². The highest BCUT2D eigenvalue weighted by atomic mass is 32.1. The van der Waals surface area contributed by atoms with Crippen molar-refractivity contribution in [1.82, 2.24) is 14.4 Å². The number of nitrogens with zero attached hydrogens (tertiary/aromatic N) is 4. The molecule has 98 valence electrons. The second-order valence-corrected chi connectivity index (χ2v) is 5.60. The van der Waals surface area contributed by atoms with Crippen LogP contribution in [-0.4, -0.2) is 28.5 Å². The van der Waals surface area contributed by atoms with Gasteiger partial charge < -0.3 is 9.30 Å². The summed E-state index contributed by atoms with van der Waals surface area (Å²) < 4.78 is 14.9. The smallest absolute Gasteiger partial charge is 0.229 e. The van der Waals surface area contributed by atoms with E-state index in [1.807, 2.05) is 26.4 Å². The fraction of sp³-hybridized carbons (Fsp3) is 0.231. The Kier molecular flexibility index (Phi) is 2.74. The van der Waals surface area contributed by atoms with Crippen LogP contribution >= 0.6 is 11.3 Å². The number of rotatable bonds is 2. The predicted octanol–water partition coefficient (Wildman–Crippen LogP) is 2.97. The summed E-state index contributed by atoms with van der Waals surface area (Å²) in [4.78, 5) is 11.4. The molecule has 3 aromatic heterocycles. The third kappa shape index (κ3) is 2.08. The quantitative estimate of drug-likeness (QED) is 0.721. The van der Waals surface area contributed by atoms with E-state index in [0.29, 0.717) is 11.3 Å². The summed E-state index contributed by atoms with van der Waals surface area (Å²) in [5, 5.41) is 1.16. The first-order valence-corrected chi connectivity index (χ1v) is 6.65. The number of aromatic nitrogens is 3. The van der Waals surface area contributed by atoms with Crippen molar-refractivity contribution < 1.29 is 4.39 Å². The second kappa shape index (κ2) is 4.31. The topological polar surface area (TPSA) is 33.4 Å². The van der Waals surface area contributed by atoms with Gasteiger partial charge in [-0.3, -0.25) is 0 Å². The van der Waals surface area contributed by atoms with Crippen molar-refractivity contribution in [2.75, 3.05) is 19.0 Å².